The molecular formula is C28H44N2O7S. The van der Waals surface area contributed by atoms with E-state index in [2.05, 4.69) is 20.8 Å². The zero-order valence-corrected chi connectivity index (χ0v) is 24.2. The van der Waals surface area contributed by atoms with Crippen molar-refractivity contribution in [2.24, 2.45) is 11.3 Å². The number of carbonyl (C=O) groups excluding carboxylic acids is 1. The first-order valence-electron chi connectivity index (χ1n) is 13.5. The van der Waals surface area contributed by atoms with Crippen LogP contribution in [0.2, 0.25) is 0 Å². The Labute approximate surface area is 227 Å². The lowest BCUT2D eigenvalue weighted by atomic mass is 9.77. The molecule has 1 heterocycles. The van der Waals surface area contributed by atoms with Gasteiger partial charge in [0.15, 0.2) is 5.76 Å². The van der Waals surface area contributed by atoms with E-state index in [0.717, 1.165) is 25.7 Å². The predicted molar refractivity (Wildman–Crippen MR) is 145 cm³/mol. The molecule has 38 heavy (non-hydrogen) atoms. The molecule has 0 spiro atoms. The number of hydrogen-bond acceptors (Lipinski definition) is 7. The van der Waals surface area contributed by atoms with Gasteiger partial charge in [-0.1, -0.05) is 40.0 Å². The minimum atomic E-state index is -3.85. The quantitative estimate of drug-likeness (QED) is 0.445. The van der Waals surface area contributed by atoms with Gasteiger partial charge in [-0.05, 0) is 54.5 Å². The summed E-state index contributed by atoms with van der Waals surface area (Å²) in [6, 6.07) is 6.33. The minimum absolute atomic E-state index is 0.0317. The average molecular weight is 553 g/mol. The number of ether oxygens (including phenoxy) is 3. The summed E-state index contributed by atoms with van der Waals surface area (Å²) < 4.78 is 44.7. The average Bonchev–Trinajstić information content (AvgIpc) is 2.91. The molecule has 2 atom stereocenters. The lowest BCUT2D eigenvalue weighted by molar-refractivity contribution is -0.159. The highest BCUT2D eigenvalue weighted by atomic mass is 32.2. The number of methoxy groups -OCH3 is 1. The maximum absolute atomic E-state index is 13.4. The summed E-state index contributed by atoms with van der Waals surface area (Å²) >= 11 is 0. The molecule has 3 rings (SSSR count). The van der Waals surface area contributed by atoms with Crippen LogP contribution in [-0.2, 0) is 24.3 Å². The SMILES string of the molecule is COc1ccc(S(=O)(=O)N(CCO)CCO[C@@H]2C[C@H](C(C)(C)C)C=C(C(=O)N(C)C3CCCCC3)O2)cc1. The zero-order chi connectivity index (χ0) is 27.9. The van der Waals surface area contributed by atoms with Crippen LogP contribution in [0.3, 0.4) is 0 Å². The Balaban J connectivity index is 1.67. The Kier molecular flexibility index (Phi) is 10.6. The lowest BCUT2D eigenvalue weighted by Crippen LogP contribution is -2.42. The van der Waals surface area contributed by atoms with Gasteiger partial charge >= 0.3 is 0 Å². The van der Waals surface area contributed by atoms with Crippen molar-refractivity contribution >= 4 is 15.9 Å². The van der Waals surface area contributed by atoms with Crippen LogP contribution < -0.4 is 4.74 Å². The highest BCUT2D eigenvalue weighted by Crippen LogP contribution is 2.37. The fraction of sp³-hybridized carbons (Fsp3) is 0.679. The van der Waals surface area contributed by atoms with Crippen LogP contribution >= 0.6 is 0 Å². The Bertz CT molecular complexity index is 1040. The number of sulfonamides is 1. The number of carbonyl (C=O) groups is 1. The highest BCUT2D eigenvalue weighted by Gasteiger charge is 2.36. The van der Waals surface area contributed by atoms with E-state index in [1.54, 1.807) is 17.0 Å². The third kappa shape index (κ3) is 7.71. The number of aliphatic hydroxyl groups is 1. The van der Waals surface area contributed by atoms with Crippen molar-refractivity contribution in [1.29, 1.82) is 0 Å². The van der Waals surface area contributed by atoms with E-state index >= 15 is 0 Å². The summed E-state index contributed by atoms with van der Waals surface area (Å²) in [6.07, 6.45) is 7.27. The van der Waals surface area contributed by atoms with Crippen LogP contribution in [-0.4, -0.2) is 81.4 Å². The molecule has 214 valence electrons. The van der Waals surface area contributed by atoms with Crippen molar-refractivity contribution in [1.82, 2.24) is 9.21 Å². The molecular weight excluding hydrogens is 508 g/mol. The summed E-state index contributed by atoms with van der Waals surface area (Å²) in [5, 5.41) is 9.52. The van der Waals surface area contributed by atoms with Gasteiger partial charge < -0.3 is 24.2 Å². The maximum atomic E-state index is 13.4. The van der Waals surface area contributed by atoms with Gasteiger partial charge in [0.05, 0.1) is 25.2 Å². The van der Waals surface area contributed by atoms with Crippen molar-refractivity contribution < 1.29 is 32.5 Å². The number of nitrogens with zero attached hydrogens (tertiary/aromatic N) is 2. The third-order valence-electron chi connectivity index (χ3n) is 7.51. The topological polar surface area (TPSA) is 106 Å². The monoisotopic (exact) mass is 552 g/mol. The fourth-order valence-corrected chi connectivity index (χ4v) is 6.38. The molecule has 1 N–H and O–H groups in total. The number of benzene rings is 1. The number of aliphatic hydroxyl groups excluding tert-OH is 1. The smallest absolute Gasteiger partial charge is 0.288 e. The van der Waals surface area contributed by atoms with Crippen molar-refractivity contribution in [2.75, 3.05) is 40.5 Å². The molecule has 0 unspecified atom stereocenters. The minimum Gasteiger partial charge on any atom is -0.497 e. The number of likely N-dealkylation sites (N-methyl/N-ethyl adjacent to an activating group) is 1. The molecule has 1 saturated carbocycles. The van der Waals surface area contributed by atoms with Gasteiger partial charge in [0, 0.05) is 32.6 Å². The molecule has 2 aliphatic rings. The van der Waals surface area contributed by atoms with Crippen LogP contribution in [0.15, 0.2) is 41.0 Å². The first-order chi connectivity index (χ1) is 18.0. The van der Waals surface area contributed by atoms with Gasteiger partial charge in [-0.25, -0.2) is 8.42 Å². The number of hydrogen-bond donors (Lipinski definition) is 1. The summed E-state index contributed by atoms with van der Waals surface area (Å²) in [4.78, 5) is 15.3. The van der Waals surface area contributed by atoms with Gasteiger partial charge in [-0.15, -0.1) is 0 Å². The molecule has 9 nitrogen and oxygen atoms in total. The Morgan fingerprint density at radius 3 is 2.34 bits per heavy atom. The van der Waals surface area contributed by atoms with E-state index < -0.39 is 16.3 Å². The lowest BCUT2D eigenvalue weighted by Gasteiger charge is -2.38. The summed E-state index contributed by atoms with van der Waals surface area (Å²) in [5.74, 6) is 0.767. The number of amides is 1. The van der Waals surface area contributed by atoms with Crippen LogP contribution in [0, 0.1) is 11.3 Å². The van der Waals surface area contributed by atoms with Crippen molar-refractivity contribution in [3.63, 3.8) is 0 Å². The van der Waals surface area contributed by atoms with E-state index in [1.807, 2.05) is 13.1 Å². The highest BCUT2D eigenvalue weighted by molar-refractivity contribution is 7.89. The van der Waals surface area contributed by atoms with E-state index in [9.17, 15) is 18.3 Å². The predicted octanol–water partition coefficient (Wildman–Crippen LogP) is 3.78. The number of allylic oxidation sites excluding steroid dienone is 1. The molecule has 1 aliphatic heterocycles. The second kappa shape index (κ2) is 13.3. The van der Waals surface area contributed by atoms with Crippen molar-refractivity contribution in [2.45, 2.75) is 76.5 Å². The largest absolute Gasteiger partial charge is 0.497 e. The molecule has 0 bridgehead atoms. The van der Waals surface area contributed by atoms with Gasteiger partial charge in [0.2, 0.25) is 16.3 Å². The van der Waals surface area contributed by atoms with Gasteiger partial charge in [0.25, 0.3) is 5.91 Å². The molecule has 0 aromatic heterocycles. The molecule has 1 aromatic rings. The van der Waals surface area contributed by atoms with E-state index in [0.29, 0.717) is 17.9 Å². The van der Waals surface area contributed by atoms with Crippen LogP contribution in [0.4, 0.5) is 0 Å². The van der Waals surface area contributed by atoms with E-state index in [-0.39, 0.29) is 54.5 Å². The second-order valence-corrected chi connectivity index (χ2v) is 13.1. The molecule has 0 radical (unpaired) electrons. The normalized spacial score (nSPS) is 21.1. The Hall–Kier alpha value is -2.14. The molecule has 1 fully saturated rings. The van der Waals surface area contributed by atoms with Gasteiger partial charge in [-0.2, -0.15) is 4.31 Å². The summed E-state index contributed by atoms with van der Waals surface area (Å²) in [6.45, 7) is 6.05. The number of rotatable bonds is 11. The second-order valence-electron chi connectivity index (χ2n) is 11.2. The molecule has 1 aromatic carbocycles. The fourth-order valence-electron chi connectivity index (χ4n) is 4.97. The third-order valence-corrected chi connectivity index (χ3v) is 9.43. The van der Waals surface area contributed by atoms with Crippen molar-refractivity contribution in [3.05, 3.63) is 36.1 Å². The Morgan fingerprint density at radius 2 is 1.76 bits per heavy atom. The molecule has 0 saturated heterocycles. The van der Waals surface area contributed by atoms with Crippen LogP contribution in [0.5, 0.6) is 5.75 Å². The van der Waals surface area contributed by atoms with E-state index in [1.165, 1.54) is 30.0 Å². The Morgan fingerprint density at radius 1 is 1.11 bits per heavy atom. The first-order valence-corrected chi connectivity index (χ1v) is 14.9. The van der Waals surface area contributed by atoms with E-state index in [4.69, 9.17) is 14.2 Å². The summed E-state index contributed by atoms with van der Waals surface area (Å²) in [5.41, 5.74) is -0.110. The zero-order valence-electron chi connectivity index (χ0n) is 23.4. The summed E-state index contributed by atoms with van der Waals surface area (Å²) in [7, 11) is -0.493. The molecule has 1 aliphatic carbocycles. The van der Waals surface area contributed by atoms with Gasteiger partial charge in [-0.3, -0.25) is 4.79 Å². The van der Waals surface area contributed by atoms with Crippen LogP contribution in [0.1, 0.15) is 59.3 Å². The van der Waals surface area contributed by atoms with Crippen molar-refractivity contribution in [3.8, 4) is 5.75 Å². The standard InChI is InChI=1S/C28H44N2O7S/c1-28(2,3)21-19-25(27(32)29(4)22-9-7-6-8-10-22)37-26(20-21)36-18-16-30(15-17-31)38(33,34)24-13-11-23(35-5)12-14-24/h11-14,19,21-22,26,31H,6-10,15-18,20H2,1-5H3/t21-,26+/m1/s1. The maximum Gasteiger partial charge on any atom is 0.288 e. The molecule has 1 amide bonds. The first kappa shape index (κ1) is 30.4. The van der Waals surface area contributed by atoms with Crippen LogP contribution in [0.25, 0.3) is 0 Å². The van der Waals surface area contributed by atoms with Gasteiger partial charge in [0.1, 0.15) is 5.75 Å². The molecule has 10 heteroatoms.